The van der Waals surface area contributed by atoms with Crippen molar-refractivity contribution < 1.29 is 27.4 Å². The molecule has 0 aliphatic rings. The number of carbonyl (C=O) groups is 1. The average Bonchev–Trinajstić information content (AvgIpc) is 2.82. The summed E-state index contributed by atoms with van der Waals surface area (Å²) in [6.07, 6.45) is 2.25. The fraction of sp³-hybridized carbons (Fsp3) is 0.400. The fourth-order valence-corrected chi connectivity index (χ4v) is 3.37. The van der Waals surface area contributed by atoms with Crippen molar-refractivity contribution in [1.29, 1.82) is 0 Å². The second-order valence-corrected chi connectivity index (χ2v) is 7.76. The molecule has 3 N–H and O–H groups in total. The van der Waals surface area contributed by atoms with Gasteiger partial charge < -0.3 is 20.1 Å². The summed E-state index contributed by atoms with van der Waals surface area (Å²) in [4.78, 5) is 16.7. The molecule has 0 aliphatic carbocycles. The van der Waals surface area contributed by atoms with Crippen LogP contribution in [0.4, 0.5) is 18.9 Å². The molecule has 1 atom stereocenters. The van der Waals surface area contributed by atoms with Crippen LogP contribution in [0.2, 0.25) is 0 Å². The molecule has 0 heterocycles. The summed E-state index contributed by atoms with van der Waals surface area (Å²) in [7, 11) is 4.95. The standard InChI is InChI=1S/C25H34F3N4O3P/c1-5-31-23(29-4)22(11-7-9-19(24(33)34-6-2)10-8-16-30-17-36)18(3)32-20-12-14-21(15-13-20)35-25(26,27)28/h5,7,11-15,17,19,30,32,36H,1,6,8-10,16H2,2-4H3,(H,29,31)/b11-7+,22-18?. The van der Waals surface area contributed by atoms with Gasteiger partial charge in [-0.2, -0.15) is 0 Å². The van der Waals surface area contributed by atoms with Gasteiger partial charge in [0, 0.05) is 30.2 Å². The molecule has 7 nitrogen and oxygen atoms in total. The van der Waals surface area contributed by atoms with Gasteiger partial charge in [0.2, 0.25) is 0 Å². The fourth-order valence-electron chi connectivity index (χ4n) is 3.23. The lowest BCUT2D eigenvalue weighted by molar-refractivity contribution is -0.274. The molecule has 0 aromatic heterocycles. The minimum Gasteiger partial charge on any atom is -0.466 e. The van der Waals surface area contributed by atoms with E-state index < -0.39 is 6.36 Å². The van der Waals surface area contributed by atoms with Crippen LogP contribution in [0.5, 0.6) is 5.75 Å². The topological polar surface area (TPSA) is 84.0 Å². The summed E-state index contributed by atoms with van der Waals surface area (Å²) < 4.78 is 46.4. The Morgan fingerprint density at radius 2 is 1.97 bits per heavy atom. The Hall–Kier alpha value is -3.10. The van der Waals surface area contributed by atoms with Crippen LogP contribution in [0.3, 0.4) is 0 Å². The number of rotatable bonds is 15. The van der Waals surface area contributed by atoms with Crippen LogP contribution in [0.1, 0.15) is 33.1 Å². The summed E-state index contributed by atoms with van der Waals surface area (Å²) in [6, 6.07) is 5.40. The quantitative estimate of drug-likeness (QED) is 0.0706. The van der Waals surface area contributed by atoms with E-state index in [9.17, 15) is 18.0 Å². The molecule has 1 aromatic carbocycles. The number of nitrogens with zero attached hydrogens (tertiary/aromatic N) is 1. The average molecular weight is 527 g/mol. The van der Waals surface area contributed by atoms with Crippen molar-refractivity contribution in [3.63, 3.8) is 0 Å². The van der Waals surface area contributed by atoms with Crippen molar-refractivity contribution in [3.8, 4) is 5.75 Å². The van der Waals surface area contributed by atoms with Gasteiger partial charge in [0.1, 0.15) is 11.6 Å². The highest BCUT2D eigenvalue weighted by atomic mass is 31.0. The second kappa shape index (κ2) is 16.5. The number of aliphatic imine (C=N–C) groups is 1. The number of ether oxygens (including phenoxy) is 2. The van der Waals surface area contributed by atoms with Crippen molar-refractivity contribution in [2.75, 3.05) is 25.5 Å². The third-order valence-electron chi connectivity index (χ3n) is 4.84. The summed E-state index contributed by atoms with van der Waals surface area (Å²) >= 11 is 0. The number of esters is 1. The largest absolute Gasteiger partial charge is 0.573 e. The molecule has 1 unspecified atom stereocenters. The first kappa shape index (κ1) is 30.9. The van der Waals surface area contributed by atoms with E-state index in [1.165, 1.54) is 30.5 Å². The molecule has 0 bridgehead atoms. The van der Waals surface area contributed by atoms with Crippen molar-refractivity contribution >= 4 is 32.3 Å². The molecule has 0 spiro atoms. The van der Waals surface area contributed by atoms with Crippen molar-refractivity contribution in [1.82, 2.24) is 10.6 Å². The van der Waals surface area contributed by atoms with Crippen LogP contribution in [-0.4, -0.2) is 44.3 Å². The molecule has 11 heteroatoms. The van der Waals surface area contributed by atoms with Crippen LogP contribution in [0.15, 0.2) is 65.5 Å². The second-order valence-electron chi connectivity index (χ2n) is 7.47. The van der Waals surface area contributed by atoms with Crippen LogP contribution in [0.25, 0.3) is 0 Å². The third-order valence-corrected chi connectivity index (χ3v) is 5.04. The van der Waals surface area contributed by atoms with Crippen molar-refractivity contribution in [2.45, 2.75) is 39.5 Å². The lowest BCUT2D eigenvalue weighted by atomic mass is 9.98. The van der Waals surface area contributed by atoms with Gasteiger partial charge in [0.25, 0.3) is 0 Å². The van der Waals surface area contributed by atoms with E-state index in [0.717, 1.165) is 13.0 Å². The summed E-state index contributed by atoms with van der Waals surface area (Å²) in [5, 5.41) is 9.22. The number of nitrogens with one attached hydrogen (secondary N) is 3. The highest BCUT2D eigenvalue weighted by Crippen LogP contribution is 2.25. The highest BCUT2D eigenvalue weighted by molar-refractivity contribution is 7.18. The number of hydrogen-bond donors (Lipinski definition) is 3. The molecular weight excluding hydrogens is 492 g/mol. The van der Waals surface area contributed by atoms with E-state index >= 15 is 0 Å². The first-order valence-corrected chi connectivity index (χ1v) is 12.0. The Bertz CT molecular complexity index is 945. The maximum Gasteiger partial charge on any atom is 0.573 e. The lowest BCUT2D eigenvalue weighted by Crippen LogP contribution is -2.22. The maximum absolute atomic E-state index is 12.4. The molecule has 0 radical (unpaired) electrons. The van der Waals surface area contributed by atoms with E-state index in [2.05, 4.69) is 41.1 Å². The third kappa shape index (κ3) is 12.0. The zero-order chi connectivity index (χ0) is 27.0. The number of amidine groups is 1. The molecule has 0 aliphatic heterocycles. The normalized spacial score (nSPS) is 13.6. The Labute approximate surface area is 212 Å². The molecule has 0 saturated heterocycles. The van der Waals surface area contributed by atoms with Gasteiger partial charge in [-0.1, -0.05) is 18.7 Å². The van der Waals surface area contributed by atoms with Crippen LogP contribution in [-0.2, 0) is 9.53 Å². The van der Waals surface area contributed by atoms with Gasteiger partial charge >= 0.3 is 12.3 Å². The van der Waals surface area contributed by atoms with E-state index in [-0.39, 0.29) is 17.6 Å². The molecule has 1 rings (SSSR count). The predicted molar refractivity (Wildman–Crippen MR) is 142 cm³/mol. The van der Waals surface area contributed by atoms with Gasteiger partial charge in [0.15, 0.2) is 0 Å². The van der Waals surface area contributed by atoms with Gasteiger partial charge in [-0.15, -0.1) is 22.0 Å². The minimum atomic E-state index is -4.75. The SMILES string of the molecule is C=C/N=C(/NC)C(/C=C/CC(CCCNC=P)C(=O)OCC)=C(C)Nc1ccc(OC(F)(F)F)cc1. The summed E-state index contributed by atoms with van der Waals surface area (Å²) in [6.45, 7) is 8.25. The van der Waals surface area contributed by atoms with Gasteiger partial charge in [0.05, 0.1) is 12.5 Å². The zero-order valence-electron chi connectivity index (χ0n) is 20.7. The van der Waals surface area contributed by atoms with E-state index in [1.807, 2.05) is 12.2 Å². The molecule has 0 amide bonds. The number of benzene rings is 1. The first-order valence-electron chi connectivity index (χ1n) is 11.4. The molecule has 1 aromatic rings. The van der Waals surface area contributed by atoms with Crippen LogP contribution < -0.4 is 20.7 Å². The Morgan fingerprint density at radius 3 is 2.53 bits per heavy atom. The van der Waals surface area contributed by atoms with Crippen LogP contribution >= 0.6 is 8.86 Å². The minimum absolute atomic E-state index is 0.250. The number of likely N-dealkylation sites (N-methyl/N-ethyl adjacent to an activating group) is 1. The molecule has 0 fully saturated rings. The number of allylic oxidation sites excluding steroid dienone is 2. The zero-order valence-corrected chi connectivity index (χ0v) is 21.7. The molecular formula is C25H34F3N4O3P. The smallest absolute Gasteiger partial charge is 0.466 e. The van der Waals surface area contributed by atoms with Gasteiger partial charge in [-0.25, -0.2) is 4.99 Å². The summed E-state index contributed by atoms with van der Waals surface area (Å²) in [5.74, 6) is 1.32. The van der Waals surface area contributed by atoms with E-state index in [4.69, 9.17) is 4.74 Å². The Kier molecular flexibility index (Phi) is 14.2. The molecule has 0 saturated carbocycles. The van der Waals surface area contributed by atoms with Gasteiger partial charge in [-0.3, -0.25) is 10.1 Å². The maximum atomic E-state index is 12.4. The number of alkyl halides is 3. The lowest BCUT2D eigenvalue weighted by Gasteiger charge is -2.16. The summed E-state index contributed by atoms with van der Waals surface area (Å²) in [5.41, 5.74) is 1.92. The van der Waals surface area contributed by atoms with E-state index in [1.54, 1.807) is 26.8 Å². The Morgan fingerprint density at radius 1 is 1.28 bits per heavy atom. The van der Waals surface area contributed by atoms with Crippen molar-refractivity contribution in [3.05, 3.63) is 60.5 Å². The number of carbonyl (C=O) groups excluding carboxylic acids is 1. The van der Waals surface area contributed by atoms with E-state index in [0.29, 0.717) is 42.2 Å². The van der Waals surface area contributed by atoms with Gasteiger partial charge in [-0.05, 0) is 69.8 Å². The van der Waals surface area contributed by atoms with Crippen molar-refractivity contribution in [2.24, 2.45) is 10.9 Å². The number of anilines is 1. The molecule has 198 valence electrons. The molecule has 36 heavy (non-hydrogen) atoms. The van der Waals surface area contributed by atoms with Crippen LogP contribution in [0, 0.1) is 5.92 Å². The predicted octanol–water partition coefficient (Wildman–Crippen LogP) is 5.43. The monoisotopic (exact) mass is 526 g/mol. The number of halogens is 3. The highest BCUT2D eigenvalue weighted by Gasteiger charge is 2.31. The first-order chi connectivity index (χ1) is 17.1. The Balaban J connectivity index is 3.11. The number of hydrogen-bond acceptors (Lipinski definition) is 5.